The van der Waals surface area contributed by atoms with Crippen LogP contribution in [0.3, 0.4) is 0 Å². The minimum atomic E-state index is -1.85. The highest BCUT2D eigenvalue weighted by Crippen LogP contribution is 2.44. The molecule has 1 aliphatic carbocycles. The number of ether oxygens (including phenoxy) is 1. The maximum absolute atomic E-state index is 12.7. The first-order chi connectivity index (χ1) is 18.2. The zero-order chi connectivity index (χ0) is 27.4. The van der Waals surface area contributed by atoms with Crippen LogP contribution in [0.25, 0.3) is 11.1 Å². The number of H-pyrrole nitrogens is 1. The van der Waals surface area contributed by atoms with Gasteiger partial charge < -0.3 is 20.3 Å². The normalized spacial score (nSPS) is 13.7. The van der Waals surface area contributed by atoms with Gasteiger partial charge in [-0.2, -0.15) is 5.43 Å². The van der Waals surface area contributed by atoms with Crippen LogP contribution in [0.2, 0.25) is 0 Å². The summed E-state index contributed by atoms with van der Waals surface area (Å²) in [6.45, 7) is -0.437. The number of nitrogens with one attached hydrogen (secondary N) is 4. The van der Waals surface area contributed by atoms with E-state index >= 15 is 0 Å². The first-order valence-corrected chi connectivity index (χ1v) is 12.3. The molecule has 2 unspecified atom stereocenters. The van der Waals surface area contributed by atoms with Gasteiger partial charge in [-0.15, -0.1) is 0 Å². The first-order valence-electron chi connectivity index (χ1n) is 11.2. The number of hydrogen-bond donors (Lipinski definition) is 6. The van der Waals surface area contributed by atoms with E-state index in [1.54, 1.807) is 22.6 Å². The van der Waals surface area contributed by atoms with Crippen LogP contribution in [0.5, 0.6) is 0 Å². The number of aromatic amines is 1. The lowest BCUT2D eigenvalue weighted by atomic mass is 9.98. The molecule has 38 heavy (non-hydrogen) atoms. The van der Waals surface area contributed by atoms with Gasteiger partial charge in [0, 0.05) is 12.1 Å². The number of aliphatic carboxylic acids is 1. The van der Waals surface area contributed by atoms with Crippen LogP contribution in [0.15, 0.2) is 64.3 Å². The number of carbonyl (C=O) groups is 3. The summed E-state index contributed by atoms with van der Waals surface area (Å²) < 4.78 is 6.56. The van der Waals surface area contributed by atoms with Gasteiger partial charge in [-0.3, -0.25) is 29.4 Å². The average Bonchev–Trinajstić information content (AvgIpc) is 3.22. The molecule has 2 amide bonds. The summed E-state index contributed by atoms with van der Waals surface area (Å²) in [6, 6.07) is 14.1. The Bertz CT molecular complexity index is 1460. The zero-order valence-electron chi connectivity index (χ0n) is 19.5. The molecule has 2 atom stereocenters. The zero-order valence-corrected chi connectivity index (χ0v) is 21.7. The lowest BCUT2D eigenvalue weighted by molar-refractivity contribution is -0.152. The van der Waals surface area contributed by atoms with Gasteiger partial charge in [-0.1, -0.05) is 48.5 Å². The maximum Gasteiger partial charge on any atom is 0.394 e. The van der Waals surface area contributed by atoms with Crippen LogP contribution >= 0.6 is 22.6 Å². The van der Waals surface area contributed by atoms with E-state index in [9.17, 15) is 29.1 Å². The van der Waals surface area contributed by atoms with E-state index in [1.165, 1.54) is 0 Å². The number of halogens is 1. The molecule has 1 heterocycles. The molecule has 14 heteroatoms. The van der Waals surface area contributed by atoms with Crippen molar-refractivity contribution in [1.29, 1.82) is 0 Å². The molecule has 0 bridgehead atoms. The Balaban J connectivity index is 1.40. The van der Waals surface area contributed by atoms with Gasteiger partial charge in [0.05, 0.1) is 16.7 Å². The summed E-state index contributed by atoms with van der Waals surface area (Å²) in [5.74, 6) is -4.48. The quantitative estimate of drug-likeness (QED) is 0.0774. The lowest BCUT2D eigenvalue weighted by Crippen LogP contribution is -2.56. The Morgan fingerprint density at radius 2 is 1.66 bits per heavy atom. The Kier molecular flexibility index (Phi) is 8.35. The van der Waals surface area contributed by atoms with Gasteiger partial charge in [0.25, 0.3) is 11.5 Å². The number of hydrogen-bond acceptors (Lipinski definition) is 8. The van der Waals surface area contributed by atoms with E-state index in [2.05, 4.69) is 10.9 Å². The second-order valence-electron chi connectivity index (χ2n) is 8.27. The summed E-state index contributed by atoms with van der Waals surface area (Å²) in [4.78, 5) is 61.2. The number of aliphatic hydroxyl groups excluding tert-OH is 1. The number of amides is 2. The molecule has 4 rings (SSSR count). The van der Waals surface area contributed by atoms with Crippen LogP contribution in [0.1, 0.15) is 17.0 Å². The Morgan fingerprint density at radius 3 is 2.26 bits per heavy atom. The van der Waals surface area contributed by atoms with Crippen LogP contribution < -0.4 is 27.4 Å². The van der Waals surface area contributed by atoms with Gasteiger partial charge in [0.15, 0.2) is 0 Å². The lowest BCUT2D eigenvalue weighted by Gasteiger charge is -2.21. The van der Waals surface area contributed by atoms with Gasteiger partial charge in [0.1, 0.15) is 6.04 Å². The number of carboxylic acids is 1. The predicted molar refractivity (Wildman–Crippen MR) is 141 cm³/mol. The molecule has 0 saturated heterocycles. The third-order valence-corrected chi connectivity index (χ3v) is 6.63. The number of hydrazine groups is 1. The Morgan fingerprint density at radius 1 is 1.05 bits per heavy atom. The van der Waals surface area contributed by atoms with Crippen LogP contribution in [0.4, 0.5) is 0 Å². The van der Waals surface area contributed by atoms with Gasteiger partial charge in [-0.05, 0) is 44.8 Å². The number of carbonyl (C=O) groups excluding carboxylic acids is 2. The number of fused-ring (bicyclic) bond motifs is 3. The molecule has 6 N–H and O–H groups in total. The first kappa shape index (κ1) is 27.2. The minimum absolute atomic E-state index is 0.0719. The van der Waals surface area contributed by atoms with Crippen molar-refractivity contribution in [3.63, 3.8) is 0 Å². The molecule has 2 aromatic carbocycles. The van der Waals surface area contributed by atoms with Crippen molar-refractivity contribution in [3.8, 4) is 11.1 Å². The van der Waals surface area contributed by atoms with Crippen LogP contribution in [0, 0.1) is 3.57 Å². The summed E-state index contributed by atoms with van der Waals surface area (Å²) in [7, 11) is 0. The molecule has 13 nitrogen and oxygen atoms in total. The van der Waals surface area contributed by atoms with E-state index in [0.717, 1.165) is 33.0 Å². The maximum atomic E-state index is 12.7. The number of rotatable bonds is 9. The number of carboxylic acid groups (broad SMARTS) is 1. The third kappa shape index (κ3) is 5.99. The fraction of sp³-hybridized carbons (Fsp3) is 0.208. The van der Waals surface area contributed by atoms with Crippen molar-refractivity contribution in [2.45, 2.75) is 24.9 Å². The fourth-order valence-electron chi connectivity index (χ4n) is 4.12. The smallest absolute Gasteiger partial charge is 0.394 e. The van der Waals surface area contributed by atoms with Gasteiger partial charge in [0.2, 0.25) is 6.41 Å². The summed E-state index contributed by atoms with van der Waals surface area (Å²) >= 11 is 1.67. The monoisotopic (exact) mass is 635 g/mol. The SMILES string of the molecule is O=C(O)C(=O)NC(Cn1cc(I)c(=O)[nH]c1=O)C(=O)NNC(O)OCC1c2ccccc2-c2ccccc21. The van der Waals surface area contributed by atoms with E-state index in [4.69, 9.17) is 9.84 Å². The van der Waals surface area contributed by atoms with E-state index in [-0.39, 0.29) is 16.1 Å². The van der Waals surface area contributed by atoms with Crippen molar-refractivity contribution in [1.82, 2.24) is 25.7 Å². The second-order valence-corrected chi connectivity index (χ2v) is 9.43. The highest BCUT2D eigenvalue weighted by molar-refractivity contribution is 14.1. The molecule has 0 saturated carbocycles. The van der Waals surface area contributed by atoms with Crippen molar-refractivity contribution < 1.29 is 29.3 Å². The molecular formula is C24H22IN5O8. The molecule has 0 fully saturated rings. The van der Waals surface area contributed by atoms with Crippen LogP contribution in [-0.4, -0.2) is 56.6 Å². The standard InChI is InChI=1S/C24H22IN5O8/c25-17-9-30(23(36)27-19(17)31)10-18(26-21(33)22(34)35)20(32)28-29-24(37)38-11-16-14-7-3-1-5-12(14)13-6-2-4-8-15(13)16/h1-9,16,18,24,29,37H,10-11H2,(H,26,33)(H,28,32)(H,34,35)(H,27,31,36). The highest BCUT2D eigenvalue weighted by Gasteiger charge is 2.29. The Hall–Kier alpha value is -3.86. The summed E-state index contributed by atoms with van der Waals surface area (Å²) in [6.07, 6.45) is -0.510. The molecule has 198 valence electrons. The molecule has 3 aromatic rings. The van der Waals surface area contributed by atoms with Gasteiger partial charge >= 0.3 is 17.6 Å². The fourth-order valence-corrected chi connectivity index (χ4v) is 4.59. The van der Waals surface area contributed by atoms with E-state index in [1.807, 2.05) is 58.8 Å². The predicted octanol–water partition coefficient (Wildman–Crippen LogP) is -0.564. The molecule has 1 aromatic heterocycles. The van der Waals surface area contributed by atoms with E-state index in [0.29, 0.717) is 0 Å². The minimum Gasteiger partial charge on any atom is -0.474 e. The average molecular weight is 635 g/mol. The highest BCUT2D eigenvalue weighted by atomic mass is 127. The number of benzene rings is 2. The number of aromatic nitrogens is 2. The summed E-state index contributed by atoms with van der Waals surface area (Å²) in [5, 5.41) is 21.2. The molecule has 0 aliphatic heterocycles. The third-order valence-electron chi connectivity index (χ3n) is 5.86. The number of aliphatic hydroxyl groups is 1. The van der Waals surface area contributed by atoms with Gasteiger partial charge in [-0.25, -0.2) is 9.59 Å². The van der Waals surface area contributed by atoms with Crippen molar-refractivity contribution in [2.24, 2.45) is 0 Å². The second kappa shape index (κ2) is 11.7. The number of nitrogens with zero attached hydrogens (tertiary/aromatic N) is 1. The molecule has 0 spiro atoms. The molecular weight excluding hydrogens is 613 g/mol. The molecule has 1 aliphatic rings. The summed E-state index contributed by atoms with van der Waals surface area (Å²) in [5.41, 5.74) is 7.07. The van der Waals surface area contributed by atoms with Crippen molar-refractivity contribution in [2.75, 3.05) is 6.61 Å². The topological polar surface area (TPSA) is 192 Å². The Labute approximate surface area is 227 Å². The largest absolute Gasteiger partial charge is 0.474 e. The van der Waals surface area contributed by atoms with E-state index < -0.39 is 48.0 Å². The van der Waals surface area contributed by atoms with Crippen molar-refractivity contribution in [3.05, 3.63) is 90.3 Å². The van der Waals surface area contributed by atoms with Crippen LogP contribution in [-0.2, 0) is 25.7 Å². The molecule has 0 radical (unpaired) electrons. The van der Waals surface area contributed by atoms with Crippen molar-refractivity contribution >= 4 is 40.4 Å².